The normalized spacial score (nSPS) is 31.2. The Kier molecular flexibility index (Phi) is 4.52. The number of hydrogen-bond donors (Lipinski definition) is 3. The number of nitrogens with zero attached hydrogens (tertiary/aromatic N) is 2. The molecule has 1 saturated carbocycles. The number of carbonyl (C=O) groups excluding carboxylic acids is 1. The molecule has 0 spiro atoms. The fraction of sp³-hybridized carbons (Fsp3) is 0.857. The Bertz CT molecular complexity index is 391. The second-order valence-electron chi connectivity index (χ2n) is 6.30. The zero-order valence-corrected chi connectivity index (χ0v) is 12.4. The number of piperidine rings is 1. The van der Waals surface area contributed by atoms with Gasteiger partial charge in [0, 0.05) is 18.6 Å². The third kappa shape index (κ3) is 2.75. The fourth-order valence-corrected chi connectivity index (χ4v) is 3.42. The topological polar surface area (TPSA) is 91.0 Å². The summed E-state index contributed by atoms with van der Waals surface area (Å²) >= 11 is 0. The summed E-state index contributed by atoms with van der Waals surface area (Å²) < 4.78 is 0. The third-order valence-corrected chi connectivity index (χ3v) is 5.03. The number of oxime groups is 1. The molecule has 0 aromatic heterocycles. The molecule has 6 heteroatoms. The van der Waals surface area contributed by atoms with Crippen LogP contribution in [-0.4, -0.2) is 47.5 Å². The van der Waals surface area contributed by atoms with Gasteiger partial charge in [-0.3, -0.25) is 4.79 Å². The van der Waals surface area contributed by atoms with Gasteiger partial charge in [0.15, 0.2) is 5.84 Å². The molecule has 2 rings (SSSR count). The summed E-state index contributed by atoms with van der Waals surface area (Å²) in [6, 6.07) is 0.662. The molecule has 2 aliphatic rings. The van der Waals surface area contributed by atoms with Crippen molar-refractivity contribution in [2.24, 2.45) is 16.3 Å². The van der Waals surface area contributed by atoms with Crippen LogP contribution in [0.1, 0.15) is 45.4 Å². The Morgan fingerprint density at radius 2 is 2.10 bits per heavy atom. The number of carbonyl (C=O) groups is 1. The maximum absolute atomic E-state index is 12.6. The van der Waals surface area contributed by atoms with Crippen molar-refractivity contribution in [3.63, 3.8) is 0 Å². The molecule has 0 aromatic carbocycles. The lowest BCUT2D eigenvalue weighted by atomic mass is 9.83. The lowest BCUT2D eigenvalue weighted by Crippen LogP contribution is -2.54. The summed E-state index contributed by atoms with van der Waals surface area (Å²) in [5.74, 6) is 0.000490. The van der Waals surface area contributed by atoms with Gasteiger partial charge in [0.05, 0.1) is 0 Å². The molecule has 1 amide bonds. The van der Waals surface area contributed by atoms with Crippen LogP contribution in [0.2, 0.25) is 0 Å². The first-order chi connectivity index (χ1) is 9.49. The van der Waals surface area contributed by atoms with Crippen LogP contribution in [0.4, 0.5) is 0 Å². The van der Waals surface area contributed by atoms with Crippen LogP contribution in [-0.2, 0) is 4.79 Å². The van der Waals surface area contributed by atoms with Crippen molar-refractivity contribution in [3.8, 4) is 0 Å². The van der Waals surface area contributed by atoms with Gasteiger partial charge in [-0.1, -0.05) is 18.0 Å². The summed E-state index contributed by atoms with van der Waals surface area (Å²) in [4.78, 5) is 14.9. The highest BCUT2D eigenvalue weighted by molar-refractivity contribution is 6.07. The molecule has 1 aliphatic carbocycles. The van der Waals surface area contributed by atoms with Gasteiger partial charge in [-0.2, -0.15) is 0 Å². The maximum atomic E-state index is 12.6. The Labute approximate surface area is 120 Å². The molecule has 1 heterocycles. The third-order valence-electron chi connectivity index (χ3n) is 5.03. The number of hydrogen-bond acceptors (Lipinski definition) is 4. The second kappa shape index (κ2) is 5.99. The highest BCUT2D eigenvalue weighted by Gasteiger charge is 2.46. The molecule has 0 bridgehead atoms. The van der Waals surface area contributed by atoms with Crippen molar-refractivity contribution in [3.05, 3.63) is 0 Å². The van der Waals surface area contributed by atoms with Crippen molar-refractivity contribution in [2.45, 2.75) is 57.5 Å². The number of amidine groups is 1. The Morgan fingerprint density at radius 3 is 2.65 bits per heavy atom. The van der Waals surface area contributed by atoms with Crippen molar-refractivity contribution in [2.75, 3.05) is 13.6 Å². The highest BCUT2D eigenvalue weighted by atomic mass is 16.4. The van der Waals surface area contributed by atoms with Gasteiger partial charge in [0.1, 0.15) is 5.41 Å². The predicted octanol–water partition coefficient (Wildman–Crippen LogP) is 0.892. The number of nitrogens with one attached hydrogen (secondary N) is 1. The monoisotopic (exact) mass is 282 g/mol. The first kappa shape index (κ1) is 15.1. The van der Waals surface area contributed by atoms with Crippen LogP contribution in [0, 0.1) is 5.41 Å². The molecule has 4 N–H and O–H groups in total. The van der Waals surface area contributed by atoms with Gasteiger partial charge in [0.2, 0.25) is 5.91 Å². The van der Waals surface area contributed by atoms with Gasteiger partial charge in [-0.25, -0.2) is 0 Å². The molecular weight excluding hydrogens is 256 g/mol. The fourth-order valence-electron chi connectivity index (χ4n) is 3.42. The Morgan fingerprint density at radius 1 is 1.45 bits per heavy atom. The first-order valence-electron chi connectivity index (χ1n) is 7.49. The Balaban J connectivity index is 2.03. The number of nitrogens with two attached hydrogens (primary N) is 1. The van der Waals surface area contributed by atoms with E-state index in [1.54, 1.807) is 0 Å². The number of rotatable bonds is 3. The van der Waals surface area contributed by atoms with E-state index in [1.807, 2.05) is 0 Å². The van der Waals surface area contributed by atoms with E-state index < -0.39 is 5.41 Å². The van der Waals surface area contributed by atoms with E-state index in [0.29, 0.717) is 18.9 Å². The van der Waals surface area contributed by atoms with Crippen molar-refractivity contribution in [1.29, 1.82) is 0 Å². The first-order valence-corrected chi connectivity index (χ1v) is 7.49. The molecule has 2 atom stereocenters. The molecule has 6 nitrogen and oxygen atoms in total. The molecular formula is C14H26N4O2. The van der Waals surface area contributed by atoms with E-state index in [2.05, 4.69) is 29.3 Å². The minimum Gasteiger partial charge on any atom is -0.409 e. The van der Waals surface area contributed by atoms with Crippen LogP contribution < -0.4 is 11.1 Å². The van der Waals surface area contributed by atoms with Gasteiger partial charge >= 0.3 is 0 Å². The summed E-state index contributed by atoms with van der Waals surface area (Å²) in [5.41, 5.74) is 5.01. The molecule has 1 aliphatic heterocycles. The van der Waals surface area contributed by atoms with Crippen molar-refractivity contribution >= 4 is 11.7 Å². The van der Waals surface area contributed by atoms with E-state index in [9.17, 15) is 4.79 Å². The molecule has 1 saturated heterocycles. The summed E-state index contributed by atoms with van der Waals surface area (Å²) in [6.45, 7) is 3.16. The van der Waals surface area contributed by atoms with Crippen LogP contribution in [0.25, 0.3) is 0 Å². The molecule has 0 radical (unpaired) electrons. The number of amides is 1. The van der Waals surface area contributed by atoms with Crippen molar-refractivity contribution in [1.82, 2.24) is 10.2 Å². The summed E-state index contributed by atoms with van der Waals surface area (Å²) in [7, 11) is 2.11. The standard InChI is InChI=1S/C14H26N4O2/c1-10-9-11(5-8-18(10)2)16-13(19)14(12(15)17-20)6-3-4-7-14/h10-11,20H,3-9H2,1-2H3,(H2,15,17)(H,16,19). The highest BCUT2D eigenvalue weighted by Crippen LogP contribution is 2.39. The van der Waals surface area contributed by atoms with Crippen LogP contribution in [0.15, 0.2) is 5.16 Å². The van der Waals surface area contributed by atoms with Gasteiger partial charge < -0.3 is 21.2 Å². The average Bonchev–Trinajstić information content (AvgIpc) is 2.93. The zero-order valence-electron chi connectivity index (χ0n) is 12.4. The Hall–Kier alpha value is -1.30. The predicted molar refractivity (Wildman–Crippen MR) is 77.6 cm³/mol. The lowest BCUT2D eigenvalue weighted by molar-refractivity contribution is -0.128. The number of likely N-dealkylation sites (tertiary alicyclic amines) is 1. The quantitative estimate of drug-likeness (QED) is 0.310. The largest absolute Gasteiger partial charge is 0.409 e. The van der Waals surface area contributed by atoms with Gasteiger partial charge in [-0.15, -0.1) is 0 Å². The van der Waals surface area contributed by atoms with E-state index in [4.69, 9.17) is 10.9 Å². The van der Waals surface area contributed by atoms with Gasteiger partial charge in [0.25, 0.3) is 0 Å². The van der Waals surface area contributed by atoms with E-state index in [0.717, 1.165) is 32.2 Å². The van der Waals surface area contributed by atoms with Gasteiger partial charge in [-0.05, 0) is 39.7 Å². The average molecular weight is 282 g/mol. The minimum atomic E-state index is -0.790. The SMILES string of the molecule is CC1CC(NC(=O)C2(C(N)=NO)CCCC2)CCN1C. The molecule has 114 valence electrons. The van der Waals surface area contributed by atoms with E-state index in [1.165, 1.54) is 0 Å². The van der Waals surface area contributed by atoms with Crippen LogP contribution in [0.5, 0.6) is 0 Å². The summed E-state index contributed by atoms with van der Waals surface area (Å²) in [5, 5.41) is 15.2. The maximum Gasteiger partial charge on any atom is 0.234 e. The molecule has 2 fully saturated rings. The second-order valence-corrected chi connectivity index (χ2v) is 6.30. The minimum absolute atomic E-state index is 0.0629. The van der Waals surface area contributed by atoms with E-state index in [-0.39, 0.29) is 17.8 Å². The summed E-state index contributed by atoms with van der Waals surface area (Å²) in [6.07, 6.45) is 5.17. The zero-order chi connectivity index (χ0) is 14.8. The molecule has 0 aromatic rings. The molecule has 20 heavy (non-hydrogen) atoms. The smallest absolute Gasteiger partial charge is 0.234 e. The lowest BCUT2D eigenvalue weighted by Gasteiger charge is -2.37. The molecule has 2 unspecified atom stereocenters. The van der Waals surface area contributed by atoms with Crippen molar-refractivity contribution < 1.29 is 10.0 Å². The van der Waals surface area contributed by atoms with Crippen LogP contribution >= 0.6 is 0 Å². The van der Waals surface area contributed by atoms with Crippen LogP contribution in [0.3, 0.4) is 0 Å². The van der Waals surface area contributed by atoms with E-state index >= 15 is 0 Å².